The van der Waals surface area contributed by atoms with E-state index in [-0.39, 0.29) is 11.7 Å². The number of amides is 1. The summed E-state index contributed by atoms with van der Waals surface area (Å²) in [6.07, 6.45) is 1.73. The number of piperidine rings is 1. The number of carbonyl (C=O) groups is 1. The van der Waals surface area contributed by atoms with Gasteiger partial charge in [-0.15, -0.1) is 0 Å². The molecule has 1 aromatic rings. The Morgan fingerprint density at radius 1 is 0.963 bits per heavy atom. The van der Waals surface area contributed by atoms with Crippen molar-refractivity contribution < 1.29 is 14.3 Å². The van der Waals surface area contributed by atoms with Gasteiger partial charge in [0.05, 0.1) is 19.8 Å². The molecule has 4 rings (SSSR count). The largest absolute Gasteiger partial charge is 0.347 e. The van der Waals surface area contributed by atoms with Crippen LogP contribution in [0.15, 0.2) is 24.3 Å². The maximum atomic E-state index is 12.7. The second-order valence-electron chi connectivity index (χ2n) is 7.97. The number of hydrogen-bond acceptors (Lipinski definition) is 5. The van der Waals surface area contributed by atoms with Crippen molar-refractivity contribution in [3.05, 3.63) is 35.4 Å². The average molecular weight is 373 g/mol. The van der Waals surface area contributed by atoms with Crippen molar-refractivity contribution in [1.29, 1.82) is 0 Å². The fourth-order valence-electron chi connectivity index (χ4n) is 4.31. The summed E-state index contributed by atoms with van der Waals surface area (Å²) >= 11 is 0. The Morgan fingerprint density at radius 3 is 2.30 bits per heavy atom. The van der Waals surface area contributed by atoms with Gasteiger partial charge in [0.25, 0.3) is 0 Å². The molecule has 0 saturated carbocycles. The normalized spacial score (nSPS) is 23.8. The summed E-state index contributed by atoms with van der Waals surface area (Å²) in [4.78, 5) is 19.4. The van der Waals surface area contributed by atoms with E-state index in [1.807, 2.05) is 4.90 Å². The summed E-state index contributed by atoms with van der Waals surface area (Å²) in [5.41, 5.74) is 2.73. The number of carbonyl (C=O) groups excluding carboxylic acids is 1. The summed E-state index contributed by atoms with van der Waals surface area (Å²) in [5, 5.41) is 0. The lowest BCUT2D eigenvalue weighted by atomic mass is 10.0. The van der Waals surface area contributed by atoms with Crippen molar-refractivity contribution in [2.75, 3.05) is 59.0 Å². The number of nitrogens with zero attached hydrogens (tertiary/aromatic N) is 3. The van der Waals surface area contributed by atoms with Crippen LogP contribution in [0.5, 0.6) is 0 Å². The molecule has 0 unspecified atom stereocenters. The molecule has 6 nitrogen and oxygen atoms in total. The minimum Gasteiger partial charge on any atom is -0.347 e. The molecule has 6 heteroatoms. The zero-order valence-corrected chi connectivity index (χ0v) is 16.4. The van der Waals surface area contributed by atoms with E-state index < -0.39 is 0 Å². The molecule has 1 aromatic carbocycles. The van der Waals surface area contributed by atoms with Gasteiger partial charge >= 0.3 is 0 Å². The lowest BCUT2D eigenvalue weighted by Crippen LogP contribution is -2.53. The molecule has 0 atom stereocenters. The van der Waals surface area contributed by atoms with Crippen molar-refractivity contribution in [2.24, 2.45) is 0 Å². The minimum atomic E-state index is -0.360. The van der Waals surface area contributed by atoms with Crippen LogP contribution in [0.2, 0.25) is 0 Å². The van der Waals surface area contributed by atoms with Gasteiger partial charge in [-0.05, 0) is 18.1 Å². The van der Waals surface area contributed by atoms with Gasteiger partial charge in [0.2, 0.25) is 5.91 Å². The standard InChI is InChI=1S/C21H31N3O3/c1-18-4-2-3-5-19(18)16-23-10-12-24(13-11-23)20(25)17-22-8-6-21(7-9-22)26-14-15-27-21/h2-5H,6-17H2,1H3. The van der Waals surface area contributed by atoms with Crippen LogP contribution in [0.3, 0.4) is 0 Å². The summed E-state index contributed by atoms with van der Waals surface area (Å²) in [6, 6.07) is 8.56. The molecule has 3 heterocycles. The Bertz CT molecular complexity index is 642. The second kappa shape index (κ2) is 8.27. The third-order valence-electron chi connectivity index (χ3n) is 6.17. The van der Waals surface area contributed by atoms with Gasteiger partial charge in [-0.25, -0.2) is 0 Å². The second-order valence-corrected chi connectivity index (χ2v) is 7.97. The number of benzene rings is 1. The lowest BCUT2D eigenvalue weighted by molar-refractivity contribution is -0.186. The van der Waals surface area contributed by atoms with Gasteiger partial charge < -0.3 is 14.4 Å². The van der Waals surface area contributed by atoms with Gasteiger partial charge in [-0.1, -0.05) is 24.3 Å². The van der Waals surface area contributed by atoms with Crippen LogP contribution in [0, 0.1) is 6.92 Å². The molecule has 3 aliphatic heterocycles. The summed E-state index contributed by atoms with van der Waals surface area (Å²) in [6.45, 7) is 10.4. The third kappa shape index (κ3) is 4.51. The molecular formula is C21H31N3O3. The van der Waals surface area contributed by atoms with E-state index in [1.54, 1.807) is 0 Å². The number of piperazine rings is 1. The number of rotatable bonds is 4. The van der Waals surface area contributed by atoms with E-state index in [1.165, 1.54) is 11.1 Å². The first-order valence-electron chi connectivity index (χ1n) is 10.2. The topological polar surface area (TPSA) is 45.2 Å². The maximum Gasteiger partial charge on any atom is 0.236 e. The van der Waals surface area contributed by atoms with Crippen LogP contribution in [-0.2, 0) is 20.8 Å². The summed E-state index contributed by atoms with van der Waals surface area (Å²) in [7, 11) is 0. The van der Waals surface area contributed by atoms with E-state index in [9.17, 15) is 4.79 Å². The average Bonchev–Trinajstić information content (AvgIpc) is 3.14. The highest BCUT2D eigenvalue weighted by atomic mass is 16.7. The zero-order chi connectivity index (χ0) is 18.7. The van der Waals surface area contributed by atoms with E-state index in [2.05, 4.69) is 41.0 Å². The van der Waals surface area contributed by atoms with Crippen molar-refractivity contribution in [3.63, 3.8) is 0 Å². The SMILES string of the molecule is Cc1ccccc1CN1CCN(C(=O)CN2CCC3(CC2)OCCO3)CC1. The Balaban J connectivity index is 1.20. The molecule has 0 bridgehead atoms. The van der Waals surface area contributed by atoms with Crippen molar-refractivity contribution in [1.82, 2.24) is 14.7 Å². The molecule has 3 saturated heterocycles. The highest BCUT2D eigenvalue weighted by Crippen LogP contribution is 2.31. The van der Waals surface area contributed by atoms with E-state index in [0.29, 0.717) is 19.8 Å². The predicted octanol–water partition coefficient (Wildman–Crippen LogP) is 1.48. The first-order valence-corrected chi connectivity index (χ1v) is 10.2. The molecule has 0 radical (unpaired) electrons. The minimum absolute atomic E-state index is 0.259. The molecule has 0 N–H and O–H groups in total. The molecule has 3 fully saturated rings. The fraction of sp³-hybridized carbons (Fsp3) is 0.667. The Hall–Kier alpha value is -1.47. The Morgan fingerprint density at radius 2 is 1.63 bits per heavy atom. The lowest BCUT2D eigenvalue weighted by Gasteiger charge is -2.39. The van der Waals surface area contributed by atoms with Crippen molar-refractivity contribution >= 4 is 5.91 Å². The summed E-state index contributed by atoms with van der Waals surface area (Å²) in [5.74, 6) is -0.101. The molecular weight excluding hydrogens is 342 g/mol. The first kappa shape index (κ1) is 18.9. The van der Waals surface area contributed by atoms with Gasteiger partial charge in [0.15, 0.2) is 5.79 Å². The van der Waals surface area contributed by atoms with Crippen molar-refractivity contribution in [2.45, 2.75) is 32.1 Å². The van der Waals surface area contributed by atoms with Crippen LogP contribution in [0.25, 0.3) is 0 Å². The highest BCUT2D eigenvalue weighted by Gasteiger charge is 2.40. The van der Waals surface area contributed by atoms with Gasteiger partial charge in [0.1, 0.15) is 0 Å². The molecule has 0 aromatic heterocycles. The number of likely N-dealkylation sites (tertiary alicyclic amines) is 1. The van der Waals surface area contributed by atoms with E-state index >= 15 is 0 Å². The molecule has 3 aliphatic rings. The quantitative estimate of drug-likeness (QED) is 0.800. The molecule has 0 aliphatic carbocycles. The zero-order valence-electron chi connectivity index (χ0n) is 16.4. The predicted molar refractivity (Wildman–Crippen MR) is 103 cm³/mol. The smallest absolute Gasteiger partial charge is 0.236 e. The van der Waals surface area contributed by atoms with Crippen LogP contribution in [0.1, 0.15) is 24.0 Å². The molecule has 1 spiro atoms. The van der Waals surface area contributed by atoms with Gasteiger partial charge in [-0.3, -0.25) is 14.6 Å². The molecule has 1 amide bonds. The highest BCUT2D eigenvalue weighted by molar-refractivity contribution is 5.78. The Kier molecular flexibility index (Phi) is 5.78. The molecule has 27 heavy (non-hydrogen) atoms. The van der Waals surface area contributed by atoms with Gasteiger partial charge in [-0.2, -0.15) is 0 Å². The third-order valence-corrected chi connectivity index (χ3v) is 6.17. The van der Waals surface area contributed by atoms with Crippen LogP contribution < -0.4 is 0 Å². The van der Waals surface area contributed by atoms with Crippen LogP contribution in [0.4, 0.5) is 0 Å². The number of ether oxygens (including phenoxy) is 2. The molecule has 148 valence electrons. The number of hydrogen-bond donors (Lipinski definition) is 0. The van der Waals surface area contributed by atoms with E-state index in [0.717, 1.165) is 58.7 Å². The fourth-order valence-corrected chi connectivity index (χ4v) is 4.31. The number of aryl methyl sites for hydroxylation is 1. The monoisotopic (exact) mass is 373 g/mol. The summed E-state index contributed by atoms with van der Waals surface area (Å²) < 4.78 is 11.5. The van der Waals surface area contributed by atoms with Crippen LogP contribution >= 0.6 is 0 Å². The maximum absolute atomic E-state index is 12.7. The Labute approximate surface area is 162 Å². The van der Waals surface area contributed by atoms with Gasteiger partial charge in [0, 0.05) is 58.7 Å². The van der Waals surface area contributed by atoms with E-state index in [4.69, 9.17) is 9.47 Å². The van der Waals surface area contributed by atoms with Crippen molar-refractivity contribution in [3.8, 4) is 0 Å². The first-order chi connectivity index (χ1) is 13.1. The van der Waals surface area contributed by atoms with Crippen LogP contribution in [-0.4, -0.2) is 85.4 Å².